The number of rotatable bonds is 10. The summed E-state index contributed by atoms with van der Waals surface area (Å²) < 4.78 is 5.34. The van der Waals surface area contributed by atoms with Crippen molar-refractivity contribution >= 4 is 18.1 Å². The van der Waals surface area contributed by atoms with Crippen LogP contribution in [0, 0.1) is 0 Å². The van der Waals surface area contributed by atoms with Crippen molar-refractivity contribution < 1.29 is 39.2 Å². The van der Waals surface area contributed by atoms with Gasteiger partial charge in [-0.05, 0) is 30.3 Å². The molecule has 0 bridgehead atoms. The number of carbonyl (C=O) groups excluding carboxylic acids is 3. The fourth-order valence-corrected chi connectivity index (χ4v) is 2.36. The van der Waals surface area contributed by atoms with Crippen molar-refractivity contribution in [3.63, 3.8) is 0 Å². The summed E-state index contributed by atoms with van der Waals surface area (Å²) in [6.45, 7) is -1.44. The van der Waals surface area contributed by atoms with Gasteiger partial charge in [0, 0.05) is 29.8 Å². The molecule has 0 saturated heterocycles. The molecule has 0 aliphatic heterocycles. The summed E-state index contributed by atoms with van der Waals surface area (Å²) in [4.78, 5) is 35.6. The van der Waals surface area contributed by atoms with E-state index in [9.17, 15) is 24.6 Å². The van der Waals surface area contributed by atoms with Gasteiger partial charge in [0.25, 0.3) is 11.8 Å². The molecule has 0 spiro atoms. The fraction of sp³-hybridized carbons (Fsp3) is 0.316. The quantitative estimate of drug-likeness (QED) is 0.271. The normalized spacial score (nSPS) is 12.8. The molecule has 2 unspecified atom stereocenters. The first kappa shape index (κ1) is 22.2. The largest absolute Gasteiger partial charge is 0.453 e. The molecule has 1 aromatic heterocycles. The molecule has 2 aromatic rings. The van der Waals surface area contributed by atoms with Gasteiger partial charge in [0.2, 0.25) is 0 Å². The number of nitrogens with one attached hydrogen (secondary N) is 2. The molecule has 10 nitrogen and oxygen atoms in total. The van der Waals surface area contributed by atoms with Crippen LogP contribution in [0.2, 0.25) is 0 Å². The summed E-state index contributed by atoms with van der Waals surface area (Å²) in [5.74, 6) is -0.892. The van der Waals surface area contributed by atoms with Crippen LogP contribution in [-0.2, 0) is 0 Å². The Morgan fingerprint density at radius 2 is 1.45 bits per heavy atom. The van der Waals surface area contributed by atoms with E-state index in [1.807, 2.05) is 0 Å². The van der Waals surface area contributed by atoms with E-state index in [1.165, 1.54) is 30.3 Å². The van der Waals surface area contributed by atoms with Crippen LogP contribution in [0.15, 0.2) is 34.7 Å². The van der Waals surface area contributed by atoms with E-state index in [1.54, 1.807) is 0 Å². The van der Waals surface area contributed by atoms with Crippen LogP contribution in [0.3, 0.4) is 0 Å². The average molecular weight is 406 g/mol. The molecule has 2 rings (SSSR count). The molecule has 6 N–H and O–H groups in total. The van der Waals surface area contributed by atoms with Gasteiger partial charge in [0.15, 0.2) is 12.0 Å². The minimum absolute atomic E-state index is 0.0676. The molecule has 10 heteroatoms. The number of furan rings is 1. The number of hydrogen-bond donors (Lipinski definition) is 6. The van der Waals surface area contributed by atoms with Crippen LogP contribution in [-0.4, -0.2) is 77.0 Å². The van der Waals surface area contributed by atoms with Gasteiger partial charge in [-0.2, -0.15) is 0 Å². The van der Waals surface area contributed by atoms with E-state index in [0.717, 1.165) is 0 Å². The SMILES string of the molecule is O=Cc1ccc(-c2cc(C(=O)NCC(O)CO)cc(C(=O)NCC(O)CO)c2)o1. The second-order valence-electron chi connectivity index (χ2n) is 6.21. The highest BCUT2D eigenvalue weighted by Crippen LogP contribution is 2.24. The maximum atomic E-state index is 12.4. The Labute approximate surface area is 165 Å². The molecule has 2 amide bonds. The van der Waals surface area contributed by atoms with Gasteiger partial charge < -0.3 is 35.5 Å². The zero-order valence-corrected chi connectivity index (χ0v) is 15.4. The number of hydrogen-bond acceptors (Lipinski definition) is 8. The predicted octanol–water partition coefficient (Wildman–Crippen LogP) is -1.07. The molecule has 0 fully saturated rings. The monoisotopic (exact) mass is 406 g/mol. The molecule has 0 aliphatic carbocycles. The second kappa shape index (κ2) is 10.5. The van der Waals surface area contributed by atoms with Crippen molar-refractivity contribution in [2.75, 3.05) is 26.3 Å². The van der Waals surface area contributed by atoms with Crippen LogP contribution < -0.4 is 10.6 Å². The van der Waals surface area contributed by atoms with E-state index in [-0.39, 0.29) is 35.7 Å². The van der Waals surface area contributed by atoms with Gasteiger partial charge in [0.1, 0.15) is 5.76 Å². The first-order chi connectivity index (χ1) is 13.9. The Hall–Kier alpha value is -3.05. The summed E-state index contributed by atoms with van der Waals surface area (Å²) in [5.41, 5.74) is 0.496. The molecule has 1 heterocycles. The van der Waals surface area contributed by atoms with Gasteiger partial charge in [-0.1, -0.05) is 0 Å². The molecule has 0 aliphatic rings. The van der Waals surface area contributed by atoms with Crippen molar-refractivity contribution in [2.24, 2.45) is 0 Å². The number of amides is 2. The van der Waals surface area contributed by atoms with Crippen molar-refractivity contribution in [3.8, 4) is 11.3 Å². The van der Waals surface area contributed by atoms with Gasteiger partial charge in [0.05, 0.1) is 25.4 Å². The van der Waals surface area contributed by atoms with Crippen LogP contribution in [0.25, 0.3) is 11.3 Å². The van der Waals surface area contributed by atoms with Crippen LogP contribution in [0.5, 0.6) is 0 Å². The fourth-order valence-electron chi connectivity index (χ4n) is 2.36. The van der Waals surface area contributed by atoms with Crippen molar-refractivity contribution in [3.05, 3.63) is 47.2 Å². The summed E-state index contributed by atoms with van der Waals surface area (Å²) in [5, 5.41) is 41.3. The van der Waals surface area contributed by atoms with E-state index in [4.69, 9.17) is 14.6 Å². The molecule has 29 heavy (non-hydrogen) atoms. The first-order valence-corrected chi connectivity index (χ1v) is 8.72. The van der Waals surface area contributed by atoms with Crippen LogP contribution in [0.4, 0.5) is 0 Å². The number of aldehydes is 1. The molecule has 0 radical (unpaired) electrons. The highest BCUT2D eigenvalue weighted by atomic mass is 16.3. The Bertz CT molecular complexity index is 819. The first-order valence-electron chi connectivity index (χ1n) is 8.72. The summed E-state index contributed by atoms with van der Waals surface area (Å²) in [6, 6.07) is 7.12. The Morgan fingerprint density at radius 1 is 0.931 bits per heavy atom. The highest BCUT2D eigenvalue weighted by molar-refractivity contribution is 6.01. The summed E-state index contributed by atoms with van der Waals surface area (Å²) in [6.07, 6.45) is -1.75. The lowest BCUT2D eigenvalue weighted by Crippen LogP contribution is -2.35. The zero-order valence-electron chi connectivity index (χ0n) is 15.4. The predicted molar refractivity (Wildman–Crippen MR) is 100 cm³/mol. The van der Waals surface area contributed by atoms with Crippen LogP contribution in [0.1, 0.15) is 31.3 Å². The Kier molecular flexibility index (Phi) is 8.04. The lowest BCUT2D eigenvalue weighted by Gasteiger charge is -2.12. The van der Waals surface area contributed by atoms with Crippen molar-refractivity contribution in [1.29, 1.82) is 0 Å². The molecular weight excluding hydrogens is 384 g/mol. The maximum absolute atomic E-state index is 12.4. The third kappa shape index (κ3) is 6.22. The number of aliphatic hydroxyl groups excluding tert-OH is 4. The number of benzene rings is 1. The molecule has 1 aromatic carbocycles. The molecule has 156 valence electrons. The smallest absolute Gasteiger partial charge is 0.251 e. The minimum Gasteiger partial charge on any atom is -0.453 e. The standard InChI is InChI=1S/C19H22N2O8/c22-8-14(25)6-20-18(27)12-3-11(17-2-1-16(10-24)29-17)4-13(5-12)19(28)21-7-15(26)9-23/h1-5,10,14-15,22-23,25-26H,6-9H2,(H,20,27)(H,21,28). The molecular formula is C19H22N2O8. The van der Waals surface area contributed by atoms with Gasteiger partial charge in [-0.25, -0.2) is 0 Å². The van der Waals surface area contributed by atoms with E-state index < -0.39 is 37.2 Å². The van der Waals surface area contributed by atoms with Gasteiger partial charge in [-0.15, -0.1) is 0 Å². The molecule has 2 atom stereocenters. The minimum atomic E-state index is -1.13. The topological polar surface area (TPSA) is 169 Å². The average Bonchev–Trinajstić information content (AvgIpc) is 3.24. The maximum Gasteiger partial charge on any atom is 0.251 e. The summed E-state index contributed by atoms with van der Waals surface area (Å²) >= 11 is 0. The van der Waals surface area contributed by atoms with Crippen LogP contribution >= 0.6 is 0 Å². The number of carbonyl (C=O) groups is 3. The van der Waals surface area contributed by atoms with Crippen molar-refractivity contribution in [2.45, 2.75) is 12.2 Å². The number of aliphatic hydroxyl groups is 4. The lowest BCUT2D eigenvalue weighted by atomic mass is 10.0. The lowest BCUT2D eigenvalue weighted by molar-refractivity contribution is 0.0800. The van der Waals surface area contributed by atoms with Gasteiger partial charge in [-0.3, -0.25) is 14.4 Å². The van der Waals surface area contributed by atoms with E-state index >= 15 is 0 Å². The Balaban J connectivity index is 2.33. The third-order valence-electron chi connectivity index (χ3n) is 3.90. The molecule has 0 saturated carbocycles. The van der Waals surface area contributed by atoms with E-state index in [2.05, 4.69) is 10.6 Å². The third-order valence-corrected chi connectivity index (χ3v) is 3.90. The van der Waals surface area contributed by atoms with Gasteiger partial charge >= 0.3 is 0 Å². The van der Waals surface area contributed by atoms with Crippen molar-refractivity contribution in [1.82, 2.24) is 10.6 Å². The Morgan fingerprint density at radius 3 is 1.86 bits per heavy atom. The van der Waals surface area contributed by atoms with E-state index in [0.29, 0.717) is 11.8 Å². The second-order valence-corrected chi connectivity index (χ2v) is 6.21. The summed E-state index contributed by atoms with van der Waals surface area (Å²) in [7, 11) is 0. The zero-order chi connectivity index (χ0) is 21.4. The highest BCUT2D eigenvalue weighted by Gasteiger charge is 2.17.